The molecule has 0 saturated heterocycles. The van der Waals surface area contributed by atoms with Crippen molar-refractivity contribution in [1.29, 1.82) is 0 Å². The van der Waals surface area contributed by atoms with Gasteiger partial charge in [0.05, 0.1) is 12.8 Å². The Morgan fingerprint density at radius 1 is 1.30 bits per heavy atom. The summed E-state index contributed by atoms with van der Waals surface area (Å²) in [6.07, 6.45) is 0.893. The maximum atomic E-state index is 11.2. The molecule has 0 saturated carbocycles. The minimum atomic E-state index is -1.03. The van der Waals surface area contributed by atoms with Crippen LogP contribution in [0.5, 0.6) is 5.75 Å². The van der Waals surface area contributed by atoms with E-state index < -0.39 is 5.97 Å². The van der Waals surface area contributed by atoms with Crippen LogP contribution in [0.4, 0.5) is 0 Å². The lowest BCUT2D eigenvalue weighted by atomic mass is 9.83. The van der Waals surface area contributed by atoms with Gasteiger partial charge in [0.1, 0.15) is 5.75 Å². The number of hydrogen-bond donors (Lipinski definition) is 1. The van der Waals surface area contributed by atoms with Crippen molar-refractivity contribution in [3.05, 3.63) is 35.0 Å². The Balaban J connectivity index is 2.78. The van der Waals surface area contributed by atoms with E-state index in [2.05, 4.69) is 44.9 Å². The molecule has 0 atom stereocenters. The van der Waals surface area contributed by atoms with Crippen molar-refractivity contribution < 1.29 is 14.6 Å². The molecule has 0 aliphatic carbocycles. The third kappa shape index (κ3) is 3.23. The van der Waals surface area contributed by atoms with Gasteiger partial charge in [-0.05, 0) is 29.5 Å². The van der Waals surface area contributed by atoms with Crippen LogP contribution >= 0.6 is 0 Å². The normalized spacial score (nSPS) is 11.6. The summed E-state index contributed by atoms with van der Waals surface area (Å²) in [6, 6.07) is 5.81. The Morgan fingerprint density at radius 2 is 1.96 bits per heavy atom. The van der Waals surface area contributed by atoms with Gasteiger partial charge in [0, 0.05) is 18.2 Å². The van der Waals surface area contributed by atoms with Gasteiger partial charge in [0.15, 0.2) is 5.69 Å². The predicted octanol–water partition coefficient (Wildman–Crippen LogP) is 3.65. The second-order valence-corrected chi connectivity index (χ2v) is 6.67. The van der Waals surface area contributed by atoms with Crippen molar-refractivity contribution >= 4 is 5.97 Å². The monoisotopic (exact) mass is 316 g/mol. The van der Waals surface area contributed by atoms with Crippen LogP contribution in [0.1, 0.15) is 49.3 Å². The Kier molecular flexibility index (Phi) is 4.50. The highest BCUT2D eigenvalue weighted by Gasteiger charge is 2.24. The smallest absolute Gasteiger partial charge is 0.356 e. The van der Waals surface area contributed by atoms with Gasteiger partial charge in [-0.15, -0.1) is 0 Å². The number of methoxy groups -OCH3 is 1. The topological polar surface area (TPSA) is 64.3 Å². The molecule has 0 amide bonds. The van der Waals surface area contributed by atoms with Gasteiger partial charge in [-0.1, -0.05) is 33.8 Å². The lowest BCUT2D eigenvalue weighted by molar-refractivity contribution is 0.0689. The number of aromatic carboxylic acids is 1. The summed E-state index contributed by atoms with van der Waals surface area (Å²) in [5, 5.41) is 13.2. The van der Waals surface area contributed by atoms with E-state index >= 15 is 0 Å². The van der Waals surface area contributed by atoms with Crippen molar-refractivity contribution in [3.63, 3.8) is 0 Å². The average Bonchev–Trinajstić information content (AvgIpc) is 2.87. The number of carboxylic acid groups (broad SMARTS) is 1. The molecule has 124 valence electrons. The Labute approximate surface area is 136 Å². The highest BCUT2D eigenvalue weighted by atomic mass is 16.5. The third-order valence-corrected chi connectivity index (χ3v) is 3.94. The quantitative estimate of drug-likeness (QED) is 0.935. The van der Waals surface area contributed by atoms with E-state index in [1.807, 2.05) is 0 Å². The SMILES string of the molecule is CCc1cc(-c2cc(C(=O)O)nn2C)c(OC)c(C(C)(C)C)c1. The number of hydrogen-bond acceptors (Lipinski definition) is 3. The number of ether oxygens (including phenoxy) is 1. The number of carboxylic acids is 1. The molecule has 1 heterocycles. The fraction of sp³-hybridized carbons (Fsp3) is 0.444. The fourth-order valence-corrected chi connectivity index (χ4v) is 2.68. The number of carbonyl (C=O) groups is 1. The van der Waals surface area contributed by atoms with E-state index in [0.29, 0.717) is 0 Å². The standard InChI is InChI=1S/C18H24N2O3/c1-7-11-8-12(15-10-14(17(21)22)19-20(15)5)16(23-6)13(9-11)18(2,3)4/h8-10H,7H2,1-6H3,(H,21,22). The molecule has 1 aromatic carbocycles. The Bertz CT molecular complexity index is 739. The van der Waals surface area contributed by atoms with Gasteiger partial charge in [-0.25, -0.2) is 4.79 Å². The molecule has 0 aliphatic rings. The molecule has 0 spiro atoms. The van der Waals surface area contributed by atoms with Gasteiger partial charge in [-0.3, -0.25) is 4.68 Å². The lowest BCUT2D eigenvalue weighted by Gasteiger charge is -2.25. The molecule has 0 bridgehead atoms. The summed E-state index contributed by atoms with van der Waals surface area (Å²) < 4.78 is 7.28. The summed E-state index contributed by atoms with van der Waals surface area (Å²) in [6.45, 7) is 8.52. The second-order valence-electron chi connectivity index (χ2n) is 6.67. The van der Waals surface area contributed by atoms with Crippen LogP contribution in [0.3, 0.4) is 0 Å². The maximum Gasteiger partial charge on any atom is 0.356 e. The molecule has 0 fully saturated rings. The van der Waals surface area contributed by atoms with Crippen molar-refractivity contribution in [2.45, 2.75) is 39.5 Å². The van der Waals surface area contributed by atoms with Crippen LogP contribution in [0, 0.1) is 0 Å². The first-order valence-electron chi connectivity index (χ1n) is 7.68. The van der Waals surface area contributed by atoms with Crippen molar-refractivity contribution in [2.24, 2.45) is 7.05 Å². The van der Waals surface area contributed by atoms with Crippen molar-refractivity contribution in [3.8, 4) is 17.0 Å². The number of rotatable bonds is 4. The number of aromatic nitrogens is 2. The van der Waals surface area contributed by atoms with Crippen LogP contribution in [0.2, 0.25) is 0 Å². The first-order chi connectivity index (χ1) is 10.7. The molecule has 1 aromatic heterocycles. The van der Waals surface area contributed by atoms with Crippen molar-refractivity contribution in [1.82, 2.24) is 9.78 Å². The van der Waals surface area contributed by atoms with Crippen LogP contribution in [0.15, 0.2) is 18.2 Å². The molecule has 0 unspecified atom stereocenters. The number of benzene rings is 1. The van der Waals surface area contributed by atoms with Gasteiger partial charge < -0.3 is 9.84 Å². The van der Waals surface area contributed by atoms with Crippen LogP contribution in [-0.4, -0.2) is 28.0 Å². The molecule has 23 heavy (non-hydrogen) atoms. The zero-order valence-corrected chi connectivity index (χ0v) is 14.6. The number of nitrogens with zero attached hydrogens (tertiary/aromatic N) is 2. The van der Waals surface area contributed by atoms with Gasteiger partial charge in [-0.2, -0.15) is 5.10 Å². The molecule has 0 radical (unpaired) electrons. The molecule has 2 aromatic rings. The zero-order valence-electron chi connectivity index (χ0n) is 14.6. The van der Waals surface area contributed by atoms with Gasteiger partial charge in [0.2, 0.25) is 0 Å². The van der Waals surface area contributed by atoms with Crippen LogP contribution in [0.25, 0.3) is 11.3 Å². The lowest BCUT2D eigenvalue weighted by Crippen LogP contribution is -2.14. The molecule has 5 heteroatoms. The molecule has 5 nitrogen and oxygen atoms in total. The fourth-order valence-electron chi connectivity index (χ4n) is 2.68. The first kappa shape index (κ1) is 17.1. The third-order valence-electron chi connectivity index (χ3n) is 3.94. The minimum absolute atomic E-state index is 0.0313. The first-order valence-corrected chi connectivity index (χ1v) is 7.68. The van der Waals surface area contributed by atoms with Crippen LogP contribution in [-0.2, 0) is 18.9 Å². The molecular weight excluding hydrogens is 292 g/mol. The van der Waals surface area contributed by atoms with E-state index in [-0.39, 0.29) is 11.1 Å². The highest BCUT2D eigenvalue weighted by molar-refractivity contribution is 5.87. The molecule has 1 N–H and O–H groups in total. The van der Waals surface area contributed by atoms with Gasteiger partial charge in [0.25, 0.3) is 0 Å². The van der Waals surface area contributed by atoms with Crippen molar-refractivity contribution in [2.75, 3.05) is 7.11 Å². The summed E-state index contributed by atoms with van der Waals surface area (Å²) in [7, 11) is 3.39. The van der Waals surface area contributed by atoms with Gasteiger partial charge >= 0.3 is 5.97 Å². The molecule has 2 rings (SSSR count). The van der Waals surface area contributed by atoms with Crippen LogP contribution < -0.4 is 4.74 Å². The summed E-state index contributed by atoms with van der Waals surface area (Å²) in [5.74, 6) is -0.261. The Hall–Kier alpha value is -2.30. The Morgan fingerprint density at radius 3 is 2.39 bits per heavy atom. The largest absolute Gasteiger partial charge is 0.496 e. The summed E-state index contributed by atoms with van der Waals surface area (Å²) in [5.41, 5.74) is 3.85. The van der Waals surface area contributed by atoms with E-state index in [1.54, 1.807) is 24.9 Å². The van der Waals surface area contributed by atoms with E-state index in [9.17, 15) is 9.90 Å². The summed E-state index contributed by atoms with van der Waals surface area (Å²) >= 11 is 0. The average molecular weight is 316 g/mol. The maximum absolute atomic E-state index is 11.2. The summed E-state index contributed by atoms with van der Waals surface area (Å²) in [4.78, 5) is 11.2. The van der Waals surface area contributed by atoms with E-state index in [1.165, 1.54) is 5.56 Å². The van der Waals surface area contributed by atoms with E-state index in [0.717, 1.165) is 29.0 Å². The molecular formula is C18H24N2O3. The minimum Gasteiger partial charge on any atom is -0.496 e. The molecule has 0 aliphatic heterocycles. The second kappa shape index (κ2) is 6.07. The zero-order chi connectivity index (χ0) is 17.4. The number of aryl methyl sites for hydroxylation is 2. The predicted molar refractivity (Wildman–Crippen MR) is 90.2 cm³/mol. The van der Waals surface area contributed by atoms with E-state index in [4.69, 9.17) is 4.74 Å². The highest BCUT2D eigenvalue weighted by Crippen LogP contribution is 2.40.